The van der Waals surface area contributed by atoms with E-state index < -0.39 is 0 Å². The van der Waals surface area contributed by atoms with Gasteiger partial charge in [-0.1, -0.05) is 18.2 Å². The number of amides is 1. The normalized spacial score (nSPS) is 19.0. The zero-order chi connectivity index (χ0) is 13.8. The van der Waals surface area contributed by atoms with Gasteiger partial charge in [-0.25, -0.2) is 0 Å². The Hall–Kier alpha value is -1.77. The Labute approximate surface area is 114 Å². The number of hydrogen-bond donors (Lipinski definition) is 0. The maximum absolute atomic E-state index is 11.9. The molecule has 0 spiro atoms. The Kier molecular flexibility index (Phi) is 4.25. The van der Waals surface area contributed by atoms with Crippen molar-refractivity contribution in [2.24, 2.45) is 5.92 Å². The number of ether oxygens (including phenoxy) is 1. The van der Waals surface area contributed by atoms with Crippen LogP contribution in [0.3, 0.4) is 0 Å². The number of carbonyl (C=O) groups excluding carboxylic acids is 1. The van der Waals surface area contributed by atoms with Crippen LogP contribution in [0, 0.1) is 5.92 Å². The van der Waals surface area contributed by atoms with Gasteiger partial charge >= 0.3 is 0 Å². The summed E-state index contributed by atoms with van der Waals surface area (Å²) in [5, 5.41) is 0. The Bertz CT molecular complexity index is 468. The van der Waals surface area contributed by atoms with Crippen LogP contribution >= 0.6 is 0 Å². The summed E-state index contributed by atoms with van der Waals surface area (Å²) in [6.07, 6.45) is 2.62. The van der Waals surface area contributed by atoms with Crippen molar-refractivity contribution >= 4 is 5.91 Å². The van der Waals surface area contributed by atoms with Crippen molar-refractivity contribution in [1.82, 2.24) is 4.90 Å². The lowest BCUT2D eigenvalue weighted by molar-refractivity contribution is -0.128. The predicted molar refractivity (Wildman–Crippen MR) is 75.9 cm³/mol. The lowest BCUT2D eigenvalue weighted by Gasteiger charge is -2.17. The molecule has 1 atom stereocenters. The maximum atomic E-state index is 11.9. The molecule has 1 aromatic carbocycles. The number of carbonyl (C=O) groups is 1. The Morgan fingerprint density at radius 1 is 1.53 bits per heavy atom. The number of likely N-dealkylation sites (tertiary alicyclic amines) is 1. The standard InChI is InChI=1S/C16H21NO2/c1-4-13-9-16(18)17(10-13)11-14-6-5-7-15(8-14)19-12(2)3/h4-8,12-13H,1,9-11H2,2-3H3. The largest absolute Gasteiger partial charge is 0.491 e. The van der Waals surface area contributed by atoms with Gasteiger partial charge in [0.2, 0.25) is 5.91 Å². The van der Waals surface area contributed by atoms with Crippen LogP contribution in [-0.4, -0.2) is 23.5 Å². The molecule has 19 heavy (non-hydrogen) atoms. The first kappa shape index (κ1) is 13.7. The second-order valence-corrected chi connectivity index (χ2v) is 5.29. The van der Waals surface area contributed by atoms with Crippen molar-refractivity contribution in [2.45, 2.75) is 32.9 Å². The summed E-state index contributed by atoms with van der Waals surface area (Å²) < 4.78 is 5.67. The highest BCUT2D eigenvalue weighted by molar-refractivity contribution is 5.79. The fourth-order valence-corrected chi connectivity index (χ4v) is 2.32. The molecule has 0 aromatic heterocycles. The van der Waals surface area contributed by atoms with E-state index in [1.807, 2.05) is 49.1 Å². The second kappa shape index (κ2) is 5.91. The molecule has 2 rings (SSSR count). The molecule has 0 saturated carbocycles. The van der Waals surface area contributed by atoms with E-state index in [0.717, 1.165) is 17.9 Å². The second-order valence-electron chi connectivity index (χ2n) is 5.29. The summed E-state index contributed by atoms with van der Waals surface area (Å²) in [6.45, 7) is 9.20. The van der Waals surface area contributed by atoms with Crippen LogP contribution in [-0.2, 0) is 11.3 Å². The minimum absolute atomic E-state index is 0.161. The number of hydrogen-bond acceptors (Lipinski definition) is 2. The third-order valence-corrected chi connectivity index (χ3v) is 3.22. The smallest absolute Gasteiger partial charge is 0.223 e. The number of rotatable bonds is 5. The van der Waals surface area contributed by atoms with Crippen LogP contribution in [0.2, 0.25) is 0 Å². The highest BCUT2D eigenvalue weighted by Crippen LogP contribution is 2.22. The minimum atomic E-state index is 0.161. The zero-order valence-electron chi connectivity index (χ0n) is 11.6. The fraction of sp³-hybridized carbons (Fsp3) is 0.438. The van der Waals surface area contributed by atoms with Crippen molar-refractivity contribution < 1.29 is 9.53 Å². The summed E-state index contributed by atoms with van der Waals surface area (Å²) >= 11 is 0. The summed E-state index contributed by atoms with van der Waals surface area (Å²) in [5.74, 6) is 1.36. The SMILES string of the molecule is C=CC1CC(=O)N(Cc2cccc(OC(C)C)c2)C1. The molecule has 102 valence electrons. The molecular weight excluding hydrogens is 238 g/mol. The van der Waals surface area contributed by atoms with Gasteiger partial charge in [-0.2, -0.15) is 0 Å². The molecule has 1 fully saturated rings. The van der Waals surface area contributed by atoms with Gasteiger partial charge in [0.05, 0.1) is 6.10 Å². The molecule has 1 saturated heterocycles. The topological polar surface area (TPSA) is 29.5 Å². The fourth-order valence-electron chi connectivity index (χ4n) is 2.32. The van der Waals surface area contributed by atoms with Crippen LogP contribution in [0.4, 0.5) is 0 Å². The molecule has 3 nitrogen and oxygen atoms in total. The average molecular weight is 259 g/mol. The monoisotopic (exact) mass is 259 g/mol. The Morgan fingerprint density at radius 2 is 2.32 bits per heavy atom. The third kappa shape index (κ3) is 3.60. The first-order valence-electron chi connectivity index (χ1n) is 6.74. The van der Waals surface area contributed by atoms with E-state index >= 15 is 0 Å². The van der Waals surface area contributed by atoms with Gasteiger partial charge in [0.25, 0.3) is 0 Å². The van der Waals surface area contributed by atoms with E-state index in [1.165, 1.54) is 0 Å². The molecule has 1 aliphatic heterocycles. The lowest BCUT2D eigenvalue weighted by Crippen LogP contribution is -2.24. The number of benzene rings is 1. The quantitative estimate of drug-likeness (QED) is 0.761. The van der Waals surface area contributed by atoms with Crippen LogP contribution in [0.15, 0.2) is 36.9 Å². The molecule has 1 unspecified atom stereocenters. The van der Waals surface area contributed by atoms with E-state index in [1.54, 1.807) is 0 Å². The van der Waals surface area contributed by atoms with Crippen molar-refractivity contribution in [3.05, 3.63) is 42.5 Å². The van der Waals surface area contributed by atoms with Gasteiger partial charge in [-0.15, -0.1) is 6.58 Å². The van der Waals surface area contributed by atoms with Gasteiger partial charge in [-0.3, -0.25) is 4.79 Å². The van der Waals surface area contributed by atoms with Crippen LogP contribution in [0.5, 0.6) is 5.75 Å². The van der Waals surface area contributed by atoms with Gasteiger partial charge in [-0.05, 0) is 31.5 Å². The lowest BCUT2D eigenvalue weighted by atomic mass is 10.1. The third-order valence-electron chi connectivity index (χ3n) is 3.22. The summed E-state index contributed by atoms with van der Waals surface area (Å²) in [5.41, 5.74) is 1.11. The number of nitrogens with zero attached hydrogens (tertiary/aromatic N) is 1. The van der Waals surface area contributed by atoms with Crippen LogP contribution in [0.1, 0.15) is 25.8 Å². The first-order chi connectivity index (χ1) is 9.08. The molecule has 0 radical (unpaired) electrons. The van der Waals surface area contributed by atoms with Crippen molar-refractivity contribution in [1.29, 1.82) is 0 Å². The van der Waals surface area contributed by atoms with E-state index in [9.17, 15) is 4.79 Å². The van der Waals surface area contributed by atoms with E-state index in [2.05, 4.69) is 6.58 Å². The van der Waals surface area contributed by atoms with E-state index in [4.69, 9.17) is 4.74 Å². The molecule has 3 heteroatoms. The van der Waals surface area contributed by atoms with Crippen molar-refractivity contribution in [2.75, 3.05) is 6.54 Å². The molecule has 1 amide bonds. The minimum Gasteiger partial charge on any atom is -0.491 e. The molecule has 0 N–H and O–H groups in total. The molecule has 1 aromatic rings. The first-order valence-corrected chi connectivity index (χ1v) is 6.74. The van der Waals surface area contributed by atoms with Crippen molar-refractivity contribution in [3.8, 4) is 5.75 Å². The Morgan fingerprint density at radius 3 is 2.95 bits per heavy atom. The van der Waals surface area contributed by atoms with Gasteiger partial charge in [0.15, 0.2) is 0 Å². The Balaban J connectivity index is 2.03. The van der Waals surface area contributed by atoms with Gasteiger partial charge in [0, 0.05) is 25.4 Å². The highest BCUT2D eigenvalue weighted by Gasteiger charge is 2.27. The molecular formula is C16H21NO2. The summed E-state index contributed by atoms with van der Waals surface area (Å²) in [4.78, 5) is 13.7. The van der Waals surface area contributed by atoms with Crippen LogP contribution < -0.4 is 4.74 Å². The van der Waals surface area contributed by atoms with Crippen LogP contribution in [0.25, 0.3) is 0 Å². The average Bonchev–Trinajstić information content (AvgIpc) is 2.70. The molecule has 1 heterocycles. The molecule has 0 aliphatic carbocycles. The summed E-state index contributed by atoms with van der Waals surface area (Å²) in [6, 6.07) is 7.96. The zero-order valence-corrected chi connectivity index (χ0v) is 11.6. The summed E-state index contributed by atoms with van der Waals surface area (Å²) in [7, 11) is 0. The van der Waals surface area contributed by atoms with E-state index in [-0.39, 0.29) is 12.0 Å². The molecule has 1 aliphatic rings. The van der Waals surface area contributed by atoms with E-state index in [0.29, 0.717) is 18.9 Å². The maximum Gasteiger partial charge on any atom is 0.223 e. The molecule has 0 bridgehead atoms. The predicted octanol–water partition coefficient (Wildman–Crippen LogP) is 3.01. The highest BCUT2D eigenvalue weighted by atomic mass is 16.5. The van der Waals surface area contributed by atoms with Gasteiger partial charge in [0.1, 0.15) is 5.75 Å². The van der Waals surface area contributed by atoms with Gasteiger partial charge < -0.3 is 9.64 Å². The van der Waals surface area contributed by atoms with Crippen molar-refractivity contribution in [3.63, 3.8) is 0 Å².